The van der Waals surface area contributed by atoms with Crippen LogP contribution in [0.15, 0.2) is 54.6 Å². The van der Waals surface area contributed by atoms with Gasteiger partial charge in [-0.05, 0) is 91.3 Å². The van der Waals surface area contributed by atoms with E-state index in [4.69, 9.17) is 0 Å². The van der Waals surface area contributed by atoms with Crippen molar-refractivity contribution >= 4 is 5.57 Å². The Bertz CT molecular complexity index is 1300. The summed E-state index contributed by atoms with van der Waals surface area (Å²) in [6.07, 6.45) is 6.15. The van der Waals surface area contributed by atoms with Gasteiger partial charge in [0.2, 0.25) is 0 Å². The lowest BCUT2D eigenvalue weighted by Crippen LogP contribution is -2.26. The lowest BCUT2D eigenvalue weighted by atomic mass is 9.67. The van der Waals surface area contributed by atoms with Crippen LogP contribution in [0.2, 0.25) is 0 Å². The quantitative estimate of drug-likeness (QED) is 0.292. The molecule has 0 aliphatic heterocycles. The Hall–Kier alpha value is -2.60. The Kier molecular flexibility index (Phi) is 4.05. The predicted molar refractivity (Wildman–Crippen MR) is 137 cm³/mol. The van der Waals surface area contributed by atoms with Gasteiger partial charge in [0.25, 0.3) is 0 Å². The van der Waals surface area contributed by atoms with E-state index in [2.05, 4.69) is 96.1 Å². The Labute approximate surface area is 193 Å². The first-order chi connectivity index (χ1) is 15.2. The minimum absolute atomic E-state index is 0.148. The first kappa shape index (κ1) is 20.0. The molecule has 0 heteroatoms. The van der Waals surface area contributed by atoms with Crippen molar-refractivity contribution in [1.82, 2.24) is 0 Å². The van der Waals surface area contributed by atoms with Crippen molar-refractivity contribution in [2.24, 2.45) is 5.41 Å². The van der Waals surface area contributed by atoms with Gasteiger partial charge in [-0.3, -0.25) is 0 Å². The number of benzene rings is 3. The largest absolute Gasteiger partial charge is 0.0682 e. The van der Waals surface area contributed by atoms with E-state index in [1.54, 1.807) is 33.4 Å². The molecule has 0 heterocycles. The lowest BCUT2D eigenvalue weighted by Gasteiger charge is -2.37. The Balaban J connectivity index is 1.68. The van der Waals surface area contributed by atoms with Crippen molar-refractivity contribution in [2.75, 3.05) is 0 Å². The summed E-state index contributed by atoms with van der Waals surface area (Å²) in [6.45, 7) is 14.3. The van der Waals surface area contributed by atoms with Crippen molar-refractivity contribution in [3.63, 3.8) is 0 Å². The lowest BCUT2D eigenvalue weighted by molar-refractivity contribution is 0.567. The van der Waals surface area contributed by atoms with E-state index < -0.39 is 0 Å². The molecule has 0 radical (unpaired) electrons. The van der Waals surface area contributed by atoms with Gasteiger partial charge >= 0.3 is 0 Å². The first-order valence-corrected chi connectivity index (χ1v) is 12.3. The summed E-state index contributed by atoms with van der Waals surface area (Å²) < 4.78 is 0. The molecule has 0 spiro atoms. The monoisotopic (exact) mass is 418 g/mol. The van der Waals surface area contributed by atoms with Crippen molar-refractivity contribution < 1.29 is 0 Å². The molecule has 32 heavy (non-hydrogen) atoms. The highest BCUT2D eigenvalue weighted by molar-refractivity contribution is 5.87. The molecule has 0 bridgehead atoms. The maximum Gasteiger partial charge on any atom is 0.0287 e. The molecular formula is C32H34. The molecule has 1 atom stereocenters. The van der Waals surface area contributed by atoms with Crippen LogP contribution >= 0.6 is 0 Å². The minimum Gasteiger partial charge on any atom is -0.0682 e. The predicted octanol–water partition coefficient (Wildman–Crippen LogP) is 8.23. The van der Waals surface area contributed by atoms with Crippen LogP contribution in [0, 0.1) is 5.41 Å². The SMILES string of the molecule is CC(C)(C)C1=CC(c2c3c(c(C(C)(C)C)c4c2Cc2ccccc2-4)CC3)c2ccccc21. The molecular weight excluding hydrogens is 384 g/mol. The van der Waals surface area contributed by atoms with Crippen LogP contribution in [0.5, 0.6) is 0 Å². The molecule has 162 valence electrons. The Morgan fingerprint density at radius 1 is 0.688 bits per heavy atom. The molecule has 1 unspecified atom stereocenters. The second-order valence-corrected chi connectivity index (χ2v) is 12.1. The van der Waals surface area contributed by atoms with Gasteiger partial charge < -0.3 is 0 Å². The summed E-state index contributed by atoms with van der Waals surface area (Å²) in [5, 5.41) is 0. The van der Waals surface area contributed by atoms with Gasteiger partial charge in [-0.25, -0.2) is 0 Å². The number of fused-ring (bicyclic) bond motifs is 5. The van der Waals surface area contributed by atoms with Crippen molar-refractivity contribution in [2.45, 2.75) is 72.1 Å². The third-order valence-electron chi connectivity index (χ3n) is 7.94. The highest BCUT2D eigenvalue weighted by Crippen LogP contribution is 2.55. The molecule has 0 nitrogen and oxygen atoms in total. The van der Waals surface area contributed by atoms with Crippen LogP contribution in [0.3, 0.4) is 0 Å². The normalized spacial score (nSPS) is 18.4. The molecule has 6 rings (SSSR count). The third-order valence-corrected chi connectivity index (χ3v) is 7.94. The summed E-state index contributed by atoms with van der Waals surface area (Å²) in [4.78, 5) is 0. The van der Waals surface area contributed by atoms with Crippen molar-refractivity contribution in [3.05, 3.63) is 99.1 Å². The van der Waals surface area contributed by atoms with Crippen LogP contribution in [-0.2, 0) is 24.7 Å². The zero-order valence-electron chi connectivity index (χ0n) is 20.4. The number of rotatable bonds is 1. The van der Waals surface area contributed by atoms with E-state index in [1.807, 2.05) is 0 Å². The summed E-state index contributed by atoms with van der Waals surface area (Å²) in [5.74, 6) is 0.381. The molecule has 0 N–H and O–H groups in total. The van der Waals surface area contributed by atoms with Crippen molar-refractivity contribution in [3.8, 4) is 11.1 Å². The topological polar surface area (TPSA) is 0 Å². The molecule has 0 saturated heterocycles. The van der Waals surface area contributed by atoms with Crippen LogP contribution in [-0.4, -0.2) is 0 Å². The van der Waals surface area contributed by atoms with E-state index in [-0.39, 0.29) is 10.8 Å². The highest BCUT2D eigenvalue weighted by atomic mass is 14.4. The maximum atomic E-state index is 2.61. The minimum atomic E-state index is 0.148. The van der Waals surface area contributed by atoms with Gasteiger partial charge in [0, 0.05) is 5.92 Å². The summed E-state index contributed by atoms with van der Waals surface area (Å²) in [6, 6.07) is 18.3. The smallest absolute Gasteiger partial charge is 0.0287 e. The number of allylic oxidation sites excluding steroid dienone is 2. The van der Waals surface area contributed by atoms with E-state index in [1.165, 1.54) is 40.7 Å². The van der Waals surface area contributed by atoms with E-state index in [9.17, 15) is 0 Å². The summed E-state index contributed by atoms with van der Waals surface area (Å²) >= 11 is 0. The standard InChI is InChI=1S/C32H34/c1-31(2,3)27-18-25(21-13-9-10-14-22(21)27)28-23-15-16-24(23)30(32(4,5)6)29-20-12-8-7-11-19(20)17-26(28)29/h7-14,18,25H,15-17H2,1-6H3. The van der Waals surface area contributed by atoms with Gasteiger partial charge in [0.05, 0.1) is 0 Å². The summed E-state index contributed by atoms with van der Waals surface area (Å²) in [5.41, 5.74) is 17.5. The average Bonchev–Trinajstić information content (AvgIpc) is 3.27. The average molecular weight is 419 g/mol. The fourth-order valence-corrected chi connectivity index (χ4v) is 6.61. The zero-order valence-corrected chi connectivity index (χ0v) is 20.4. The Morgan fingerprint density at radius 3 is 2.00 bits per heavy atom. The van der Waals surface area contributed by atoms with E-state index in [0.717, 1.165) is 6.42 Å². The van der Waals surface area contributed by atoms with Gasteiger partial charge in [-0.2, -0.15) is 0 Å². The van der Waals surface area contributed by atoms with Gasteiger partial charge in [0.15, 0.2) is 0 Å². The van der Waals surface area contributed by atoms with Crippen LogP contribution in [0.4, 0.5) is 0 Å². The van der Waals surface area contributed by atoms with Gasteiger partial charge in [-0.1, -0.05) is 96.1 Å². The molecule has 3 aromatic rings. The van der Waals surface area contributed by atoms with E-state index >= 15 is 0 Å². The van der Waals surface area contributed by atoms with Gasteiger partial charge in [-0.15, -0.1) is 0 Å². The molecule has 3 aliphatic rings. The van der Waals surface area contributed by atoms with E-state index in [0.29, 0.717) is 5.92 Å². The fourth-order valence-electron chi connectivity index (χ4n) is 6.61. The van der Waals surface area contributed by atoms with Crippen molar-refractivity contribution in [1.29, 1.82) is 0 Å². The molecule has 0 amide bonds. The molecule has 0 fully saturated rings. The number of hydrogen-bond acceptors (Lipinski definition) is 0. The third kappa shape index (κ3) is 2.68. The zero-order chi connectivity index (χ0) is 22.4. The van der Waals surface area contributed by atoms with Crippen LogP contribution in [0.25, 0.3) is 16.7 Å². The first-order valence-electron chi connectivity index (χ1n) is 12.3. The fraction of sp³-hybridized carbons (Fsp3) is 0.375. The highest BCUT2D eigenvalue weighted by Gasteiger charge is 2.40. The second-order valence-electron chi connectivity index (χ2n) is 12.1. The Morgan fingerprint density at radius 2 is 1.34 bits per heavy atom. The molecule has 0 saturated carbocycles. The van der Waals surface area contributed by atoms with Crippen LogP contribution < -0.4 is 0 Å². The summed E-state index contributed by atoms with van der Waals surface area (Å²) in [7, 11) is 0. The van der Waals surface area contributed by atoms with Crippen LogP contribution in [0.1, 0.15) is 92.0 Å². The molecule has 3 aromatic carbocycles. The molecule has 0 aromatic heterocycles. The molecule has 3 aliphatic carbocycles. The van der Waals surface area contributed by atoms with Gasteiger partial charge in [0.1, 0.15) is 0 Å². The number of hydrogen-bond donors (Lipinski definition) is 0. The maximum absolute atomic E-state index is 2.61. The second kappa shape index (κ2) is 6.47.